The first-order valence-corrected chi connectivity index (χ1v) is 5.07. The molecule has 1 saturated heterocycles. The number of carbonyl (C=O) groups is 2. The molecule has 1 atom stereocenters. The number of hydrogen-bond acceptors (Lipinski definition) is 3. The van der Waals surface area contributed by atoms with Crippen molar-refractivity contribution in [3.05, 3.63) is 0 Å². The molecule has 1 aliphatic rings. The van der Waals surface area contributed by atoms with E-state index in [-0.39, 0.29) is 38.0 Å². The van der Waals surface area contributed by atoms with E-state index in [1.54, 1.807) is 0 Å². The maximum Gasteiger partial charge on any atom is 0.407 e. The van der Waals surface area contributed by atoms with Crippen LogP contribution < -0.4 is 0 Å². The summed E-state index contributed by atoms with van der Waals surface area (Å²) in [5.41, 5.74) is 0. The minimum absolute atomic E-state index is 0.133. The van der Waals surface area contributed by atoms with Crippen LogP contribution in [0.2, 0.25) is 0 Å². The van der Waals surface area contributed by atoms with Crippen LogP contribution in [-0.2, 0) is 4.79 Å². The van der Waals surface area contributed by atoms with Gasteiger partial charge in [0, 0.05) is 19.6 Å². The van der Waals surface area contributed by atoms with E-state index in [0.717, 1.165) is 0 Å². The molecule has 86 valence electrons. The Hall–Kier alpha value is -1.01. The van der Waals surface area contributed by atoms with E-state index in [1.807, 2.05) is 0 Å². The van der Waals surface area contributed by atoms with Crippen molar-refractivity contribution in [2.45, 2.75) is 6.04 Å². The van der Waals surface area contributed by atoms with Gasteiger partial charge in [-0.1, -0.05) is 0 Å². The molecule has 0 spiro atoms. The van der Waals surface area contributed by atoms with Gasteiger partial charge >= 0.3 is 6.09 Å². The van der Waals surface area contributed by atoms with Crippen molar-refractivity contribution < 1.29 is 19.8 Å². The van der Waals surface area contributed by atoms with Crippen LogP contribution in [0, 0.1) is 0 Å². The van der Waals surface area contributed by atoms with Gasteiger partial charge in [-0.2, -0.15) is 0 Å². The molecule has 0 radical (unpaired) electrons. The second-order valence-electron chi connectivity index (χ2n) is 3.29. The largest absolute Gasteiger partial charge is 0.465 e. The van der Waals surface area contributed by atoms with Crippen molar-refractivity contribution in [3.63, 3.8) is 0 Å². The third kappa shape index (κ3) is 2.73. The second kappa shape index (κ2) is 5.18. The molecule has 2 amide bonds. The lowest BCUT2D eigenvalue weighted by Crippen LogP contribution is -2.58. The number of rotatable bonds is 2. The third-order valence-electron chi connectivity index (χ3n) is 2.40. The van der Waals surface area contributed by atoms with E-state index in [9.17, 15) is 9.59 Å². The van der Waals surface area contributed by atoms with E-state index in [0.29, 0.717) is 0 Å². The van der Waals surface area contributed by atoms with E-state index in [2.05, 4.69) is 0 Å². The van der Waals surface area contributed by atoms with E-state index in [4.69, 9.17) is 21.8 Å². The number of carbonyl (C=O) groups excluding carboxylic acids is 1. The zero-order chi connectivity index (χ0) is 11.4. The highest BCUT2D eigenvalue weighted by molar-refractivity contribution is 6.27. The SMILES string of the molecule is O=C(O)N1CCN(C(=O)CCl)C(CO)C1. The van der Waals surface area contributed by atoms with Gasteiger partial charge in [0.2, 0.25) is 5.91 Å². The number of hydrogen-bond donors (Lipinski definition) is 2. The highest BCUT2D eigenvalue weighted by atomic mass is 35.5. The van der Waals surface area contributed by atoms with Crippen LogP contribution in [0.1, 0.15) is 0 Å². The molecule has 15 heavy (non-hydrogen) atoms. The summed E-state index contributed by atoms with van der Waals surface area (Å²) in [4.78, 5) is 24.6. The van der Waals surface area contributed by atoms with Gasteiger partial charge in [-0.3, -0.25) is 4.79 Å². The van der Waals surface area contributed by atoms with E-state index >= 15 is 0 Å². The summed E-state index contributed by atoms with van der Waals surface area (Å²) in [6.45, 7) is 0.415. The number of carboxylic acid groups (broad SMARTS) is 1. The van der Waals surface area contributed by atoms with Gasteiger partial charge in [0.25, 0.3) is 0 Å². The lowest BCUT2D eigenvalue weighted by atomic mass is 10.2. The van der Waals surface area contributed by atoms with Crippen molar-refractivity contribution in [1.29, 1.82) is 0 Å². The Labute approximate surface area is 92.0 Å². The Balaban J connectivity index is 2.64. The van der Waals surface area contributed by atoms with Crippen LogP contribution in [-0.4, -0.2) is 70.2 Å². The van der Waals surface area contributed by atoms with Crippen LogP contribution in [0.4, 0.5) is 4.79 Å². The molecule has 1 rings (SSSR count). The summed E-state index contributed by atoms with van der Waals surface area (Å²) in [7, 11) is 0. The molecule has 6 nitrogen and oxygen atoms in total. The van der Waals surface area contributed by atoms with Crippen molar-refractivity contribution >= 4 is 23.6 Å². The monoisotopic (exact) mass is 236 g/mol. The highest BCUT2D eigenvalue weighted by Crippen LogP contribution is 2.10. The molecule has 0 aromatic heterocycles. The van der Waals surface area contributed by atoms with Crippen molar-refractivity contribution in [2.75, 3.05) is 32.1 Å². The maximum absolute atomic E-state index is 11.3. The lowest BCUT2D eigenvalue weighted by molar-refractivity contribution is -0.134. The summed E-state index contributed by atoms with van der Waals surface area (Å²) >= 11 is 5.40. The number of aliphatic hydroxyl groups excluding tert-OH is 1. The molecular weight excluding hydrogens is 224 g/mol. The Bertz CT molecular complexity index is 261. The van der Waals surface area contributed by atoms with Crippen LogP contribution in [0.5, 0.6) is 0 Å². The molecule has 1 unspecified atom stereocenters. The quantitative estimate of drug-likeness (QED) is 0.628. The van der Waals surface area contributed by atoms with Gasteiger partial charge in [0.05, 0.1) is 12.6 Å². The molecule has 7 heteroatoms. The van der Waals surface area contributed by atoms with Gasteiger partial charge < -0.3 is 20.0 Å². The number of alkyl halides is 1. The maximum atomic E-state index is 11.3. The highest BCUT2D eigenvalue weighted by Gasteiger charge is 2.31. The molecule has 1 heterocycles. The standard InChI is InChI=1S/C8H13ClN2O4/c9-3-7(13)11-2-1-10(8(14)15)4-6(11)5-12/h6,12H,1-5H2,(H,14,15). The minimum atomic E-state index is -1.04. The molecule has 2 N–H and O–H groups in total. The second-order valence-corrected chi connectivity index (χ2v) is 3.55. The predicted molar refractivity (Wildman–Crippen MR) is 52.9 cm³/mol. The Morgan fingerprint density at radius 2 is 2.07 bits per heavy atom. The van der Waals surface area contributed by atoms with Crippen molar-refractivity contribution in [3.8, 4) is 0 Å². The van der Waals surface area contributed by atoms with Crippen molar-refractivity contribution in [1.82, 2.24) is 9.80 Å². The fraction of sp³-hybridized carbons (Fsp3) is 0.750. The zero-order valence-electron chi connectivity index (χ0n) is 8.10. The van der Waals surface area contributed by atoms with Crippen LogP contribution in [0.15, 0.2) is 0 Å². The van der Waals surface area contributed by atoms with Crippen LogP contribution in [0.25, 0.3) is 0 Å². The summed E-state index contributed by atoms with van der Waals surface area (Å²) in [6.07, 6.45) is -1.04. The molecule has 1 fully saturated rings. The van der Waals surface area contributed by atoms with Gasteiger partial charge in [0.1, 0.15) is 5.88 Å². The number of aliphatic hydroxyl groups is 1. The molecule has 0 aliphatic carbocycles. The van der Waals surface area contributed by atoms with Gasteiger partial charge in [-0.25, -0.2) is 4.79 Å². The average molecular weight is 237 g/mol. The Morgan fingerprint density at radius 1 is 1.40 bits per heavy atom. The van der Waals surface area contributed by atoms with Gasteiger partial charge in [0.15, 0.2) is 0 Å². The first-order valence-electron chi connectivity index (χ1n) is 4.54. The number of amides is 2. The predicted octanol–water partition coefficient (Wildman–Crippen LogP) is -0.592. The molecule has 1 aliphatic heterocycles. The topological polar surface area (TPSA) is 81.1 Å². The summed E-state index contributed by atoms with van der Waals surface area (Å²) in [5, 5.41) is 17.8. The zero-order valence-corrected chi connectivity index (χ0v) is 8.85. The summed E-state index contributed by atoms with van der Waals surface area (Å²) in [6, 6.07) is -0.485. The van der Waals surface area contributed by atoms with Gasteiger partial charge in [-0.05, 0) is 0 Å². The normalized spacial score (nSPS) is 21.6. The molecule has 0 saturated carbocycles. The molecular formula is C8H13ClN2O4. The van der Waals surface area contributed by atoms with Gasteiger partial charge in [-0.15, -0.1) is 11.6 Å². The third-order valence-corrected chi connectivity index (χ3v) is 2.63. The Morgan fingerprint density at radius 3 is 2.53 bits per heavy atom. The first-order chi connectivity index (χ1) is 7.10. The fourth-order valence-electron chi connectivity index (χ4n) is 1.59. The van der Waals surface area contributed by atoms with Crippen LogP contribution >= 0.6 is 11.6 Å². The smallest absolute Gasteiger partial charge is 0.407 e. The van der Waals surface area contributed by atoms with E-state index in [1.165, 1.54) is 9.80 Å². The van der Waals surface area contributed by atoms with Crippen molar-refractivity contribution in [2.24, 2.45) is 0 Å². The average Bonchev–Trinajstić information content (AvgIpc) is 2.27. The number of halogens is 1. The minimum Gasteiger partial charge on any atom is -0.465 e. The lowest BCUT2D eigenvalue weighted by Gasteiger charge is -2.39. The van der Waals surface area contributed by atoms with Crippen LogP contribution in [0.3, 0.4) is 0 Å². The number of nitrogens with zero attached hydrogens (tertiary/aromatic N) is 2. The van der Waals surface area contributed by atoms with E-state index < -0.39 is 12.1 Å². The molecule has 0 aromatic rings. The first kappa shape index (κ1) is 12.1. The fourth-order valence-corrected chi connectivity index (χ4v) is 1.74. The molecule has 0 aromatic carbocycles. The summed E-state index contributed by atoms with van der Waals surface area (Å²) < 4.78 is 0. The summed E-state index contributed by atoms with van der Waals surface area (Å²) in [5.74, 6) is -0.426. The molecule has 0 bridgehead atoms. The Kier molecular flexibility index (Phi) is 4.16. The number of piperazine rings is 1.